The number of carbonyl (C=O) groups is 1. The quantitative estimate of drug-likeness (QED) is 0.801. The van der Waals surface area contributed by atoms with E-state index in [4.69, 9.17) is 9.84 Å². The molecule has 15 heavy (non-hydrogen) atoms. The zero-order valence-electron chi connectivity index (χ0n) is 8.80. The highest BCUT2D eigenvalue weighted by Crippen LogP contribution is 2.15. The van der Waals surface area contributed by atoms with Crippen molar-refractivity contribution in [2.75, 3.05) is 0 Å². The summed E-state index contributed by atoms with van der Waals surface area (Å²) in [6.07, 6.45) is 3.12. The molecular weight excluding hydrogens is 196 g/mol. The van der Waals surface area contributed by atoms with Gasteiger partial charge in [-0.05, 0) is 19.4 Å². The second-order valence-electron chi connectivity index (χ2n) is 3.27. The lowest BCUT2D eigenvalue weighted by Gasteiger charge is -2.13. The van der Waals surface area contributed by atoms with Gasteiger partial charge in [-0.15, -0.1) is 5.10 Å². The zero-order valence-corrected chi connectivity index (χ0v) is 8.80. The third-order valence-corrected chi connectivity index (χ3v) is 1.93. The van der Waals surface area contributed by atoms with E-state index in [1.807, 2.05) is 13.8 Å². The fraction of sp³-hybridized carbons (Fsp3) is 0.500. The van der Waals surface area contributed by atoms with Gasteiger partial charge in [0.15, 0.2) is 0 Å². The molecule has 0 fully saturated rings. The van der Waals surface area contributed by atoms with Crippen molar-refractivity contribution in [1.82, 2.24) is 10.2 Å². The van der Waals surface area contributed by atoms with Crippen LogP contribution in [0.4, 0.5) is 0 Å². The predicted octanol–water partition coefficient (Wildman–Crippen LogP) is 1.74. The first-order valence-corrected chi connectivity index (χ1v) is 4.86. The van der Waals surface area contributed by atoms with E-state index in [9.17, 15) is 4.79 Å². The highest BCUT2D eigenvalue weighted by atomic mass is 16.5. The molecule has 1 aromatic heterocycles. The van der Waals surface area contributed by atoms with E-state index in [1.54, 1.807) is 0 Å². The van der Waals surface area contributed by atoms with Crippen molar-refractivity contribution in [3.63, 3.8) is 0 Å². The lowest BCUT2D eigenvalue weighted by Crippen LogP contribution is -2.15. The van der Waals surface area contributed by atoms with Gasteiger partial charge in [0.1, 0.15) is 5.56 Å². The third-order valence-electron chi connectivity index (χ3n) is 1.93. The highest BCUT2D eigenvalue weighted by Gasteiger charge is 2.14. The van der Waals surface area contributed by atoms with Gasteiger partial charge in [-0.3, -0.25) is 0 Å². The van der Waals surface area contributed by atoms with Crippen molar-refractivity contribution in [3.05, 3.63) is 17.8 Å². The zero-order chi connectivity index (χ0) is 11.3. The maximum absolute atomic E-state index is 10.8. The summed E-state index contributed by atoms with van der Waals surface area (Å²) in [5.41, 5.74) is 0.0490. The second kappa shape index (κ2) is 5.29. The summed E-state index contributed by atoms with van der Waals surface area (Å²) in [5.74, 6) is -0.963. The summed E-state index contributed by atoms with van der Waals surface area (Å²) < 4.78 is 5.39. The van der Waals surface area contributed by atoms with E-state index < -0.39 is 5.97 Å². The molecule has 1 N–H and O–H groups in total. The molecule has 1 unspecified atom stereocenters. The predicted molar refractivity (Wildman–Crippen MR) is 54.0 cm³/mol. The Morgan fingerprint density at radius 2 is 2.40 bits per heavy atom. The molecule has 5 nitrogen and oxygen atoms in total. The van der Waals surface area contributed by atoms with Crippen LogP contribution in [0.3, 0.4) is 0 Å². The topological polar surface area (TPSA) is 72.3 Å². The minimum atomic E-state index is -1.05. The summed E-state index contributed by atoms with van der Waals surface area (Å²) in [6, 6.07) is 1.38. The maximum Gasteiger partial charge on any atom is 0.341 e. The van der Waals surface area contributed by atoms with Crippen LogP contribution >= 0.6 is 0 Å². The van der Waals surface area contributed by atoms with Crippen LogP contribution in [0, 0.1) is 0 Å². The van der Waals surface area contributed by atoms with E-state index >= 15 is 0 Å². The van der Waals surface area contributed by atoms with Crippen molar-refractivity contribution in [3.8, 4) is 5.88 Å². The van der Waals surface area contributed by atoms with E-state index in [2.05, 4.69) is 10.2 Å². The van der Waals surface area contributed by atoms with Crippen molar-refractivity contribution in [1.29, 1.82) is 0 Å². The summed E-state index contributed by atoms with van der Waals surface area (Å²) in [4.78, 5) is 10.8. The largest absolute Gasteiger partial charge is 0.477 e. The van der Waals surface area contributed by atoms with Gasteiger partial charge in [-0.25, -0.2) is 4.79 Å². The number of aromatic carboxylic acids is 1. The molecule has 1 heterocycles. The first kappa shape index (κ1) is 11.4. The van der Waals surface area contributed by atoms with Crippen LogP contribution in [0.2, 0.25) is 0 Å². The van der Waals surface area contributed by atoms with Gasteiger partial charge in [0.2, 0.25) is 5.88 Å². The molecular formula is C10H14N2O3. The Morgan fingerprint density at radius 3 is 3.00 bits per heavy atom. The van der Waals surface area contributed by atoms with Crippen LogP contribution in [0.5, 0.6) is 5.88 Å². The van der Waals surface area contributed by atoms with Crippen molar-refractivity contribution in [2.24, 2.45) is 0 Å². The number of rotatable bonds is 5. The maximum atomic E-state index is 10.8. The first-order valence-electron chi connectivity index (χ1n) is 4.86. The Hall–Kier alpha value is -1.65. The Labute approximate surface area is 88.1 Å². The molecule has 0 bridgehead atoms. The molecule has 1 atom stereocenters. The Bertz CT molecular complexity index is 341. The molecule has 0 aliphatic heterocycles. The molecule has 0 saturated carbocycles. The number of carboxylic acids is 1. The van der Waals surface area contributed by atoms with Crippen molar-refractivity contribution < 1.29 is 14.6 Å². The molecule has 0 aliphatic rings. The van der Waals surface area contributed by atoms with E-state index in [-0.39, 0.29) is 17.5 Å². The Morgan fingerprint density at radius 1 is 1.67 bits per heavy atom. The van der Waals surface area contributed by atoms with E-state index in [1.165, 1.54) is 12.3 Å². The minimum absolute atomic E-state index is 0.0490. The monoisotopic (exact) mass is 210 g/mol. The minimum Gasteiger partial charge on any atom is -0.477 e. The van der Waals surface area contributed by atoms with Gasteiger partial charge >= 0.3 is 5.97 Å². The smallest absolute Gasteiger partial charge is 0.341 e. The van der Waals surface area contributed by atoms with Crippen molar-refractivity contribution in [2.45, 2.75) is 32.8 Å². The normalized spacial score (nSPS) is 12.1. The number of carboxylic acid groups (broad SMARTS) is 1. The fourth-order valence-electron chi connectivity index (χ4n) is 1.22. The third kappa shape index (κ3) is 3.19. The first-order chi connectivity index (χ1) is 7.15. The molecule has 0 amide bonds. The van der Waals surface area contributed by atoms with E-state index in [0.29, 0.717) is 0 Å². The van der Waals surface area contributed by atoms with Crippen LogP contribution in [-0.2, 0) is 0 Å². The molecule has 0 aliphatic carbocycles. The highest BCUT2D eigenvalue weighted by molar-refractivity contribution is 5.89. The fourth-order valence-corrected chi connectivity index (χ4v) is 1.22. The average Bonchev–Trinajstić information content (AvgIpc) is 2.18. The molecule has 0 aromatic carbocycles. The van der Waals surface area contributed by atoms with Crippen LogP contribution in [0.15, 0.2) is 12.3 Å². The Kier molecular flexibility index (Phi) is 4.03. The van der Waals surface area contributed by atoms with Crippen LogP contribution in [0.1, 0.15) is 37.0 Å². The number of aromatic nitrogens is 2. The average molecular weight is 210 g/mol. The summed E-state index contributed by atoms with van der Waals surface area (Å²) in [7, 11) is 0. The van der Waals surface area contributed by atoms with Gasteiger partial charge in [0.25, 0.3) is 0 Å². The van der Waals surface area contributed by atoms with Crippen LogP contribution in [0.25, 0.3) is 0 Å². The molecule has 5 heteroatoms. The molecule has 0 saturated heterocycles. The van der Waals surface area contributed by atoms with Gasteiger partial charge < -0.3 is 9.84 Å². The summed E-state index contributed by atoms with van der Waals surface area (Å²) in [6.45, 7) is 3.92. The summed E-state index contributed by atoms with van der Waals surface area (Å²) in [5, 5.41) is 16.1. The number of hydrogen-bond donors (Lipinski definition) is 1. The lowest BCUT2D eigenvalue weighted by molar-refractivity contribution is 0.0687. The molecule has 0 spiro atoms. The van der Waals surface area contributed by atoms with Crippen molar-refractivity contribution >= 4 is 5.97 Å². The van der Waals surface area contributed by atoms with Gasteiger partial charge in [0, 0.05) is 0 Å². The number of ether oxygens (including phenoxy) is 1. The number of nitrogens with zero attached hydrogens (tertiary/aromatic N) is 2. The summed E-state index contributed by atoms with van der Waals surface area (Å²) >= 11 is 0. The number of hydrogen-bond acceptors (Lipinski definition) is 4. The molecule has 1 rings (SSSR count). The SMILES string of the molecule is CCCC(C)Oc1nnccc1C(=O)O. The van der Waals surface area contributed by atoms with Gasteiger partial charge in [-0.2, -0.15) is 5.10 Å². The van der Waals surface area contributed by atoms with E-state index in [0.717, 1.165) is 12.8 Å². The second-order valence-corrected chi connectivity index (χ2v) is 3.27. The molecule has 1 aromatic rings. The standard InChI is InChI=1S/C10H14N2O3/c1-3-4-7(2)15-9-8(10(13)14)5-6-11-12-9/h5-7H,3-4H2,1-2H3,(H,13,14). The van der Waals surface area contributed by atoms with Gasteiger partial charge in [0.05, 0.1) is 12.3 Å². The molecule has 82 valence electrons. The lowest BCUT2D eigenvalue weighted by atomic mass is 10.2. The molecule has 0 radical (unpaired) electrons. The van der Waals surface area contributed by atoms with Crippen LogP contribution in [-0.4, -0.2) is 27.4 Å². The Balaban J connectivity index is 2.79. The van der Waals surface area contributed by atoms with Gasteiger partial charge in [-0.1, -0.05) is 13.3 Å². The van der Waals surface area contributed by atoms with Crippen LogP contribution < -0.4 is 4.74 Å².